The van der Waals surface area contributed by atoms with Crippen molar-refractivity contribution in [3.05, 3.63) is 122 Å². The molecular formula is C29H18FN3O4S. The highest BCUT2D eigenvalue weighted by molar-refractivity contribution is 7.13. The van der Waals surface area contributed by atoms with Crippen molar-refractivity contribution in [1.82, 2.24) is 4.98 Å². The predicted molar refractivity (Wildman–Crippen MR) is 141 cm³/mol. The molecule has 7 rings (SSSR count). The number of halogens is 1. The van der Waals surface area contributed by atoms with Gasteiger partial charge in [-0.15, -0.1) is 11.3 Å². The number of hydrogen-bond acceptors (Lipinski definition) is 6. The molecule has 2 aromatic heterocycles. The first kappa shape index (κ1) is 22.6. The maximum atomic E-state index is 14.7. The van der Waals surface area contributed by atoms with Gasteiger partial charge in [0.1, 0.15) is 11.4 Å². The molecule has 38 heavy (non-hydrogen) atoms. The minimum absolute atomic E-state index is 0.0421. The van der Waals surface area contributed by atoms with Gasteiger partial charge in [-0.05, 0) is 42.3 Å². The van der Waals surface area contributed by atoms with Gasteiger partial charge in [0.15, 0.2) is 16.1 Å². The summed E-state index contributed by atoms with van der Waals surface area (Å²) in [6.07, 6.45) is 1.53. The Hall–Kier alpha value is -4.63. The molecule has 0 bridgehead atoms. The van der Waals surface area contributed by atoms with Crippen LogP contribution < -0.4 is 15.2 Å². The molecule has 2 aliphatic heterocycles. The van der Waals surface area contributed by atoms with Gasteiger partial charge in [-0.25, -0.2) is 9.37 Å². The fourth-order valence-corrected chi connectivity index (χ4v) is 6.27. The smallest absolute Gasteiger partial charge is 0.297 e. The Labute approximate surface area is 219 Å². The third-order valence-electron chi connectivity index (χ3n) is 7.29. The lowest BCUT2D eigenvalue weighted by Gasteiger charge is -2.32. The standard InChI is InChI=1S/C29H18FN3O4S/c1-16-6-2-3-7-17(16)15-32-21-9-5-4-8-20(21)29(27(32)36)23-24(34)19-14-18(30)10-11-22(19)37-25(23)26(35)33(29)28-31-12-13-38-28/h2-14H,15H2,1H3. The molecule has 0 N–H and O–H groups in total. The van der Waals surface area contributed by atoms with Gasteiger partial charge >= 0.3 is 0 Å². The molecule has 5 aromatic rings. The number of carbonyl (C=O) groups is 2. The van der Waals surface area contributed by atoms with E-state index >= 15 is 0 Å². The molecule has 1 unspecified atom stereocenters. The van der Waals surface area contributed by atoms with E-state index in [0.29, 0.717) is 11.3 Å². The predicted octanol–water partition coefficient (Wildman–Crippen LogP) is 5.15. The van der Waals surface area contributed by atoms with Gasteiger partial charge < -0.3 is 9.32 Å². The largest absolute Gasteiger partial charge is 0.450 e. The van der Waals surface area contributed by atoms with Gasteiger partial charge in [0.25, 0.3) is 11.8 Å². The summed E-state index contributed by atoms with van der Waals surface area (Å²) in [4.78, 5) is 50.0. The van der Waals surface area contributed by atoms with E-state index in [2.05, 4.69) is 4.98 Å². The first-order valence-corrected chi connectivity index (χ1v) is 12.8. The van der Waals surface area contributed by atoms with Crippen molar-refractivity contribution in [3.63, 3.8) is 0 Å². The maximum Gasteiger partial charge on any atom is 0.297 e. The molecule has 0 radical (unpaired) electrons. The Morgan fingerprint density at radius 3 is 2.61 bits per heavy atom. The van der Waals surface area contributed by atoms with Crippen LogP contribution in [0.1, 0.15) is 32.8 Å². The van der Waals surface area contributed by atoms with E-state index in [1.165, 1.54) is 28.5 Å². The average Bonchev–Trinajstić information content (AvgIpc) is 3.59. The van der Waals surface area contributed by atoms with Gasteiger partial charge in [-0.1, -0.05) is 42.5 Å². The van der Waals surface area contributed by atoms with Crippen molar-refractivity contribution in [1.29, 1.82) is 0 Å². The number of aromatic nitrogens is 1. The van der Waals surface area contributed by atoms with Crippen molar-refractivity contribution >= 4 is 44.9 Å². The molecule has 186 valence electrons. The second-order valence-corrected chi connectivity index (χ2v) is 10.1. The minimum atomic E-state index is -1.86. The fourth-order valence-electron chi connectivity index (χ4n) is 5.58. The highest BCUT2D eigenvalue weighted by atomic mass is 32.1. The average molecular weight is 524 g/mol. The molecule has 0 aliphatic carbocycles. The van der Waals surface area contributed by atoms with Gasteiger partial charge in [0, 0.05) is 17.1 Å². The van der Waals surface area contributed by atoms with Gasteiger partial charge in [-0.3, -0.25) is 19.3 Å². The number of hydrogen-bond donors (Lipinski definition) is 0. The van der Waals surface area contributed by atoms with E-state index in [1.807, 2.05) is 31.2 Å². The third-order valence-corrected chi connectivity index (χ3v) is 8.04. The summed E-state index contributed by atoms with van der Waals surface area (Å²) in [6.45, 7) is 2.19. The first-order chi connectivity index (χ1) is 18.4. The molecule has 0 saturated carbocycles. The number of aryl methyl sites for hydroxylation is 1. The summed E-state index contributed by atoms with van der Waals surface area (Å²) in [7, 11) is 0. The number of anilines is 2. The number of carbonyl (C=O) groups excluding carboxylic acids is 2. The summed E-state index contributed by atoms with van der Waals surface area (Å²) in [6, 6.07) is 18.4. The first-order valence-electron chi connectivity index (χ1n) is 11.9. The zero-order valence-corrected chi connectivity index (χ0v) is 20.8. The van der Waals surface area contributed by atoms with Crippen molar-refractivity contribution in [3.8, 4) is 0 Å². The number of rotatable bonds is 3. The number of para-hydroxylation sites is 1. The molecule has 1 spiro atoms. The number of thiazole rings is 1. The van der Waals surface area contributed by atoms with Gasteiger partial charge in [0.2, 0.25) is 5.76 Å². The van der Waals surface area contributed by atoms with E-state index in [1.54, 1.807) is 34.5 Å². The van der Waals surface area contributed by atoms with E-state index in [-0.39, 0.29) is 34.0 Å². The number of benzene rings is 3. The lowest BCUT2D eigenvalue weighted by molar-refractivity contribution is -0.121. The van der Waals surface area contributed by atoms with Crippen LogP contribution in [0.15, 0.2) is 87.5 Å². The Kier molecular flexibility index (Phi) is 4.71. The van der Waals surface area contributed by atoms with E-state index in [9.17, 15) is 18.8 Å². The molecule has 7 nitrogen and oxygen atoms in total. The number of amides is 2. The monoisotopic (exact) mass is 523 g/mol. The van der Waals surface area contributed by atoms with Crippen molar-refractivity contribution in [2.75, 3.05) is 9.80 Å². The van der Waals surface area contributed by atoms with Crippen LogP contribution in [0, 0.1) is 12.7 Å². The third kappa shape index (κ3) is 2.82. The quantitative estimate of drug-likeness (QED) is 0.327. The normalized spacial score (nSPS) is 18.1. The van der Waals surface area contributed by atoms with Crippen LogP contribution in [0.2, 0.25) is 0 Å². The Morgan fingerprint density at radius 2 is 1.82 bits per heavy atom. The van der Waals surface area contributed by atoms with Crippen molar-refractivity contribution < 1.29 is 18.4 Å². The minimum Gasteiger partial charge on any atom is -0.450 e. The molecule has 2 aliphatic rings. The van der Waals surface area contributed by atoms with Crippen LogP contribution in [-0.2, 0) is 16.9 Å². The maximum absolute atomic E-state index is 14.7. The van der Waals surface area contributed by atoms with Crippen LogP contribution in [-0.4, -0.2) is 16.8 Å². The second-order valence-electron chi connectivity index (χ2n) is 9.28. The van der Waals surface area contributed by atoms with Crippen LogP contribution >= 0.6 is 11.3 Å². The Bertz CT molecular complexity index is 1870. The Balaban J connectivity index is 1.57. The van der Waals surface area contributed by atoms with Crippen LogP contribution in [0.5, 0.6) is 0 Å². The van der Waals surface area contributed by atoms with E-state index in [0.717, 1.165) is 23.3 Å². The lowest BCUT2D eigenvalue weighted by atomic mass is 9.84. The van der Waals surface area contributed by atoms with Crippen LogP contribution in [0.25, 0.3) is 11.0 Å². The molecule has 2 amide bonds. The molecule has 4 heterocycles. The lowest BCUT2D eigenvalue weighted by Crippen LogP contribution is -2.53. The summed E-state index contributed by atoms with van der Waals surface area (Å²) in [5, 5.41) is 1.90. The zero-order valence-electron chi connectivity index (χ0n) is 20.0. The van der Waals surface area contributed by atoms with Gasteiger partial charge in [-0.2, -0.15) is 0 Å². The van der Waals surface area contributed by atoms with Crippen LogP contribution in [0.4, 0.5) is 15.2 Å². The molecular weight excluding hydrogens is 505 g/mol. The number of nitrogens with zero attached hydrogens (tertiary/aromatic N) is 3. The highest BCUT2D eigenvalue weighted by Crippen LogP contribution is 2.54. The number of fused-ring (bicyclic) bond motifs is 5. The summed E-state index contributed by atoms with van der Waals surface area (Å²) >= 11 is 1.17. The molecule has 1 atom stereocenters. The van der Waals surface area contributed by atoms with E-state index in [4.69, 9.17) is 4.42 Å². The summed E-state index contributed by atoms with van der Waals surface area (Å²) < 4.78 is 20.2. The van der Waals surface area contributed by atoms with Crippen LogP contribution in [0.3, 0.4) is 0 Å². The zero-order chi connectivity index (χ0) is 26.2. The SMILES string of the molecule is Cc1ccccc1CN1C(=O)C2(c3ccccc31)c1c(oc3ccc(F)cc3c1=O)C(=O)N2c1nccs1. The second kappa shape index (κ2) is 7.93. The molecule has 0 saturated heterocycles. The van der Waals surface area contributed by atoms with Crippen molar-refractivity contribution in [2.45, 2.75) is 19.0 Å². The highest BCUT2D eigenvalue weighted by Gasteiger charge is 2.66. The molecule has 3 aromatic carbocycles. The molecule has 0 fully saturated rings. The Morgan fingerprint density at radius 1 is 1.03 bits per heavy atom. The van der Waals surface area contributed by atoms with E-state index < -0.39 is 28.6 Å². The summed E-state index contributed by atoms with van der Waals surface area (Å²) in [5.41, 5.74) is 0.408. The van der Waals surface area contributed by atoms with Gasteiger partial charge in [0.05, 0.1) is 23.2 Å². The topological polar surface area (TPSA) is 83.7 Å². The fraction of sp³-hybridized carbons (Fsp3) is 0.103. The molecule has 9 heteroatoms. The summed E-state index contributed by atoms with van der Waals surface area (Å²) in [5.74, 6) is -2.00. The van der Waals surface area contributed by atoms with Crippen molar-refractivity contribution in [2.24, 2.45) is 0 Å².